The molecule has 0 bridgehead atoms. The van der Waals surface area contributed by atoms with Crippen molar-refractivity contribution in [3.63, 3.8) is 0 Å². The summed E-state index contributed by atoms with van der Waals surface area (Å²) in [5, 5.41) is 3.12. The second-order valence-electron chi connectivity index (χ2n) is 8.76. The lowest BCUT2D eigenvalue weighted by Gasteiger charge is -2.22. The van der Waals surface area contributed by atoms with E-state index in [-0.39, 0.29) is 34.1 Å². The lowest BCUT2D eigenvalue weighted by molar-refractivity contribution is 0.0932. The number of hydrogen-bond acceptors (Lipinski definition) is 3. The fourth-order valence-corrected chi connectivity index (χ4v) is 4.53. The summed E-state index contributed by atoms with van der Waals surface area (Å²) in [5.41, 5.74) is 1.91. The summed E-state index contributed by atoms with van der Waals surface area (Å²) in [6.45, 7) is 3.48. The zero-order valence-electron chi connectivity index (χ0n) is 18.8. The zero-order chi connectivity index (χ0) is 24.0. The van der Waals surface area contributed by atoms with Crippen LogP contribution in [0.5, 0.6) is 0 Å². The number of fused-ring (bicyclic) bond motifs is 1. The third-order valence-electron chi connectivity index (χ3n) is 6.37. The molecule has 0 aliphatic heterocycles. The highest BCUT2D eigenvalue weighted by Gasteiger charge is 2.34. The fraction of sp³-hybridized carbons (Fsp3) is 0.222. The van der Waals surface area contributed by atoms with Crippen LogP contribution in [0.4, 0.5) is 8.78 Å². The smallest absolute Gasteiger partial charge is 0.266 e. The van der Waals surface area contributed by atoms with Crippen LogP contribution in [-0.4, -0.2) is 15.5 Å². The van der Waals surface area contributed by atoms with E-state index in [2.05, 4.69) is 10.3 Å². The number of nitrogens with one attached hydrogen (secondary N) is 1. The quantitative estimate of drug-likeness (QED) is 0.448. The highest BCUT2D eigenvalue weighted by molar-refractivity contribution is 6.08. The van der Waals surface area contributed by atoms with Gasteiger partial charge in [-0.15, -0.1) is 0 Å². The second kappa shape index (κ2) is 8.48. The minimum Gasteiger partial charge on any atom is -0.345 e. The highest BCUT2D eigenvalue weighted by atomic mass is 19.1. The van der Waals surface area contributed by atoms with Crippen LogP contribution in [0, 0.1) is 31.4 Å². The Balaban J connectivity index is 1.68. The van der Waals surface area contributed by atoms with Crippen LogP contribution in [0.1, 0.15) is 46.2 Å². The third kappa shape index (κ3) is 3.87. The van der Waals surface area contributed by atoms with Gasteiger partial charge < -0.3 is 5.32 Å². The van der Waals surface area contributed by atoms with E-state index in [0.717, 1.165) is 18.5 Å². The molecule has 0 saturated heterocycles. The monoisotopic (exact) mass is 459 g/mol. The summed E-state index contributed by atoms with van der Waals surface area (Å²) in [7, 11) is 0. The topological polar surface area (TPSA) is 64.0 Å². The van der Waals surface area contributed by atoms with E-state index in [1.165, 1.54) is 35.0 Å². The molecule has 1 fully saturated rings. The van der Waals surface area contributed by atoms with Crippen molar-refractivity contribution >= 4 is 16.7 Å². The van der Waals surface area contributed by atoms with Gasteiger partial charge in [0, 0.05) is 16.8 Å². The minimum atomic E-state index is -0.700. The standard InChI is InChI=1S/C27H23F2N3O2/c1-15-9-12-20(14-30-15)32-16(2)23(21-7-4-8-22(29)24(21)27(32)34)26(33)31-25(17-10-11-17)18-5-3-6-19(28)13-18/h3-9,12-14,17,25H,10-11H2,1-2H3,(H,31,33)/t25-/m0/s1. The lowest BCUT2D eigenvalue weighted by Crippen LogP contribution is -2.33. The first-order chi connectivity index (χ1) is 16.3. The van der Waals surface area contributed by atoms with E-state index in [4.69, 9.17) is 0 Å². The predicted molar refractivity (Wildman–Crippen MR) is 126 cm³/mol. The molecule has 1 aliphatic rings. The number of benzene rings is 2. The number of pyridine rings is 2. The molecule has 1 amide bonds. The van der Waals surface area contributed by atoms with Crippen molar-refractivity contribution in [1.29, 1.82) is 0 Å². The van der Waals surface area contributed by atoms with Crippen LogP contribution in [0.2, 0.25) is 0 Å². The zero-order valence-corrected chi connectivity index (χ0v) is 18.8. The molecule has 5 rings (SSSR count). The second-order valence-corrected chi connectivity index (χ2v) is 8.76. The molecule has 1 atom stereocenters. The number of hydrogen-bond donors (Lipinski definition) is 1. The number of aryl methyl sites for hydroxylation is 1. The first-order valence-corrected chi connectivity index (χ1v) is 11.2. The largest absolute Gasteiger partial charge is 0.345 e. The summed E-state index contributed by atoms with van der Waals surface area (Å²) in [6, 6.07) is 13.5. The number of nitrogens with zero attached hydrogens (tertiary/aromatic N) is 2. The Labute approximate surface area is 195 Å². The SMILES string of the molecule is Cc1ccc(-n2c(C)c(C(=O)N[C@H](c3cccc(F)c3)C3CC3)c3cccc(F)c3c2=O)cn1. The summed E-state index contributed by atoms with van der Waals surface area (Å²) < 4.78 is 30.1. The molecule has 7 heteroatoms. The van der Waals surface area contributed by atoms with Gasteiger partial charge in [0.05, 0.1) is 28.9 Å². The summed E-state index contributed by atoms with van der Waals surface area (Å²) in [6.07, 6.45) is 3.37. The molecule has 2 heterocycles. The normalized spacial score (nSPS) is 14.2. The molecule has 2 aromatic carbocycles. The van der Waals surface area contributed by atoms with Crippen molar-refractivity contribution in [2.24, 2.45) is 5.92 Å². The molecule has 1 N–H and O–H groups in total. The van der Waals surface area contributed by atoms with Crippen LogP contribution in [0.15, 0.2) is 65.6 Å². The number of amides is 1. The fourth-order valence-electron chi connectivity index (χ4n) is 4.53. The third-order valence-corrected chi connectivity index (χ3v) is 6.37. The molecular weight excluding hydrogens is 436 g/mol. The van der Waals surface area contributed by atoms with Crippen LogP contribution in [0.25, 0.3) is 16.5 Å². The van der Waals surface area contributed by atoms with Crippen molar-refractivity contribution in [3.8, 4) is 5.69 Å². The van der Waals surface area contributed by atoms with E-state index in [1.807, 2.05) is 6.92 Å². The van der Waals surface area contributed by atoms with Gasteiger partial charge in [-0.1, -0.05) is 24.3 Å². The van der Waals surface area contributed by atoms with Crippen molar-refractivity contribution in [3.05, 3.63) is 105 Å². The van der Waals surface area contributed by atoms with E-state index < -0.39 is 17.3 Å². The maximum atomic E-state index is 14.9. The van der Waals surface area contributed by atoms with E-state index in [1.54, 1.807) is 37.3 Å². The molecule has 2 aromatic heterocycles. The molecular formula is C27H23F2N3O2. The van der Waals surface area contributed by atoms with Gasteiger partial charge in [0.2, 0.25) is 0 Å². The number of aromatic nitrogens is 2. The molecule has 172 valence electrons. The van der Waals surface area contributed by atoms with Crippen molar-refractivity contribution in [2.45, 2.75) is 32.7 Å². The molecule has 0 unspecified atom stereocenters. The van der Waals surface area contributed by atoms with E-state index >= 15 is 0 Å². The van der Waals surface area contributed by atoms with Crippen molar-refractivity contribution in [2.75, 3.05) is 0 Å². The average Bonchev–Trinajstić information content (AvgIpc) is 3.64. The maximum absolute atomic E-state index is 14.9. The molecule has 4 aromatic rings. The van der Waals surface area contributed by atoms with Crippen molar-refractivity contribution < 1.29 is 13.6 Å². The number of rotatable bonds is 5. The number of halogens is 2. The molecule has 1 saturated carbocycles. The number of carbonyl (C=O) groups excluding carboxylic acids is 1. The molecule has 0 radical (unpaired) electrons. The Hall–Kier alpha value is -3.87. The maximum Gasteiger partial charge on any atom is 0.266 e. The first-order valence-electron chi connectivity index (χ1n) is 11.2. The Kier molecular flexibility index (Phi) is 5.48. The molecule has 1 aliphatic carbocycles. The van der Waals surface area contributed by atoms with E-state index in [9.17, 15) is 18.4 Å². The van der Waals surface area contributed by atoms with Gasteiger partial charge in [0.15, 0.2) is 0 Å². The van der Waals surface area contributed by atoms with Gasteiger partial charge in [-0.2, -0.15) is 0 Å². The van der Waals surface area contributed by atoms with Gasteiger partial charge in [-0.05, 0) is 68.5 Å². The van der Waals surface area contributed by atoms with Crippen molar-refractivity contribution in [1.82, 2.24) is 14.9 Å². The Morgan fingerprint density at radius 2 is 1.85 bits per heavy atom. The lowest BCUT2D eigenvalue weighted by atomic mass is 9.99. The molecule has 34 heavy (non-hydrogen) atoms. The van der Waals surface area contributed by atoms with Gasteiger partial charge in [0.25, 0.3) is 11.5 Å². The minimum absolute atomic E-state index is 0.160. The summed E-state index contributed by atoms with van der Waals surface area (Å²) in [5.74, 6) is -1.32. The Morgan fingerprint density at radius 3 is 2.53 bits per heavy atom. The highest BCUT2D eigenvalue weighted by Crippen LogP contribution is 2.41. The van der Waals surface area contributed by atoms with Crippen LogP contribution < -0.4 is 10.9 Å². The van der Waals surface area contributed by atoms with Gasteiger partial charge in [-0.25, -0.2) is 8.78 Å². The number of carbonyl (C=O) groups is 1. The van der Waals surface area contributed by atoms with Crippen LogP contribution >= 0.6 is 0 Å². The van der Waals surface area contributed by atoms with Gasteiger partial charge in [-0.3, -0.25) is 19.1 Å². The molecule has 0 spiro atoms. The molecule has 5 nitrogen and oxygen atoms in total. The summed E-state index contributed by atoms with van der Waals surface area (Å²) >= 11 is 0. The Morgan fingerprint density at radius 1 is 1.09 bits per heavy atom. The van der Waals surface area contributed by atoms with E-state index in [0.29, 0.717) is 16.9 Å². The average molecular weight is 459 g/mol. The summed E-state index contributed by atoms with van der Waals surface area (Å²) in [4.78, 5) is 31.3. The predicted octanol–water partition coefficient (Wildman–Crippen LogP) is 5.16. The van der Waals surface area contributed by atoms with Gasteiger partial charge in [0.1, 0.15) is 11.6 Å². The van der Waals surface area contributed by atoms with Gasteiger partial charge >= 0.3 is 0 Å². The van der Waals surface area contributed by atoms with Crippen LogP contribution in [-0.2, 0) is 0 Å². The Bertz CT molecular complexity index is 1470. The van der Waals surface area contributed by atoms with Crippen LogP contribution in [0.3, 0.4) is 0 Å². The first kappa shape index (κ1) is 21.9.